The normalized spacial score (nSPS) is 18.1. The Hall–Kier alpha value is -1.11. The lowest BCUT2D eigenvalue weighted by molar-refractivity contribution is 0.226. The molecule has 0 radical (unpaired) electrons. The van der Waals surface area contributed by atoms with E-state index in [4.69, 9.17) is 22.1 Å². The number of halogens is 1. The molecule has 0 spiro atoms. The van der Waals surface area contributed by atoms with Crippen LogP contribution in [0.15, 0.2) is 6.20 Å². The minimum Gasteiger partial charge on any atom is -0.467 e. The summed E-state index contributed by atoms with van der Waals surface area (Å²) < 4.78 is 5.06. The Morgan fingerprint density at radius 3 is 2.70 bits per heavy atom. The molecule has 7 heteroatoms. The summed E-state index contributed by atoms with van der Waals surface area (Å²) in [6, 6.07) is 0.351. The van der Waals surface area contributed by atoms with Crippen LogP contribution in [0.25, 0.3) is 0 Å². The van der Waals surface area contributed by atoms with Crippen LogP contribution in [0.1, 0.15) is 6.92 Å². The lowest BCUT2D eigenvalue weighted by atomic mass is 10.1. The van der Waals surface area contributed by atoms with Gasteiger partial charge < -0.3 is 15.4 Å². The van der Waals surface area contributed by atoms with E-state index < -0.39 is 0 Å². The highest BCUT2D eigenvalue weighted by Gasteiger charge is 2.21. The molecule has 0 aliphatic carbocycles. The summed E-state index contributed by atoms with van der Waals surface area (Å²) in [6.45, 7) is 7.74. The number of anilines is 1. The zero-order valence-corrected chi connectivity index (χ0v) is 12.8. The van der Waals surface area contributed by atoms with E-state index in [0.717, 1.165) is 45.1 Å². The van der Waals surface area contributed by atoms with Gasteiger partial charge in [0, 0.05) is 32.7 Å². The number of nitrogens with two attached hydrogens (primary N) is 1. The molecule has 1 aromatic rings. The molecule has 1 fully saturated rings. The predicted molar refractivity (Wildman–Crippen MR) is 80.5 cm³/mol. The first kappa shape index (κ1) is 15.3. The molecule has 1 aliphatic heterocycles. The van der Waals surface area contributed by atoms with Gasteiger partial charge in [0.2, 0.25) is 0 Å². The van der Waals surface area contributed by atoms with Crippen molar-refractivity contribution in [2.75, 3.05) is 51.3 Å². The minimum absolute atomic E-state index is 0.351. The highest BCUT2D eigenvalue weighted by Crippen LogP contribution is 2.25. The first-order valence-corrected chi connectivity index (χ1v) is 7.25. The van der Waals surface area contributed by atoms with Crippen molar-refractivity contribution in [3.05, 3.63) is 11.2 Å². The van der Waals surface area contributed by atoms with Gasteiger partial charge in [0.15, 0.2) is 5.82 Å². The monoisotopic (exact) mass is 299 g/mol. The Labute approximate surface area is 124 Å². The smallest absolute Gasteiger partial charge is 0.318 e. The molecule has 20 heavy (non-hydrogen) atoms. The summed E-state index contributed by atoms with van der Waals surface area (Å²) in [5, 5.41) is 0.564. The fourth-order valence-electron chi connectivity index (χ4n) is 2.32. The van der Waals surface area contributed by atoms with Gasteiger partial charge in [-0.2, -0.15) is 4.98 Å². The Kier molecular flexibility index (Phi) is 5.39. The summed E-state index contributed by atoms with van der Waals surface area (Å²) in [5.41, 5.74) is 5.67. The van der Waals surface area contributed by atoms with Gasteiger partial charge in [0.25, 0.3) is 0 Å². The number of methoxy groups -OCH3 is 1. The fraction of sp³-hybridized carbons (Fsp3) is 0.692. The van der Waals surface area contributed by atoms with Crippen LogP contribution >= 0.6 is 11.6 Å². The zero-order valence-electron chi connectivity index (χ0n) is 12.0. The van der Waals surface area contributed by atoms with Crippen molar-refractivity contribution in [1.82, 2.24) is 14.9 Å². The molecule has 2 heterocycles. The van der Waals surface area contributed by atoms with E-state index in [0.29, 0.717) is 17.0 Å². The van der Waals surface area contributed by atoms with Gasteiger partial charge in [0.1, 0.15) is 5.02 Å². The average molecular weight is 300 g/mol. The van der Waals surface area contributed by atoms with E-state index in [1.165, 1.54) is 0 Å². The first-order valence-electron chi connectivity index (χ1n) is 6.88. The number of hydrogen-bond donors (Lipinski definition) is 1. The van der Waals surface area contributed by atoms with Gasteiger partial charge in [-0.25, -0.2) is 4.98 Å². The van der Waals surface area contributed by atoms with E-state index in [1.807, 2.05) is 0 Å². The van der Waals surface area contributed by atoms with Crippen LogP contribution in [-0.4, -0.2) is 61.2 Å². The Morgan fingerprint density at radius 1 is 1.40 bits per heavy atom. The highest BCUT2D eigenvalue weighted by atomic mass is 35.5. The number of hydrogen-bond acceptors (Lipinski definition) is 6. The molecule has 1 atom stereocenters. The molecule has 1 aliphatic rings. The van der Waals surface area contributed by atoms with E-state index in [9.17, 15) is 0 Å². The Morgan fingerprint density at radius 2 is 2.10 bits per heavy atom. The molecule has 0 saturated carbocycles. The largest absolute Gasteiger partial charge is 0.467 e. The third-order valence-corrected chi connectivity index (χ3v) is 3.80. The summed E-state index contributed by atoms with van der Waals surface area (Å²) in [5.74, 6) is 1.29. The van der Waals surface area contributed by atoms with Crippen molar-refractivity contribution in [3.63, 3.8) is 0 Å². The van der Waals surface area contributed by atoms with Gasteiger partial charge in [-0.3, -0.25) is 4.90 Å². The number of aromatic nitrogens is 2. The number of piperazine rings is 1. The van der Waals surface area contributed by atoms with E-state index >= 15 is 0 Å². The maximum absolute atomic E-state index is 6.18. The summed E-state index contributed by atoms with van der Waals surface area (Å²) in [7, 11) is 1.55. The second kappa shape index (κ2) is 7.06. The third-order valence-electron chi connectivity index (χ3n) is 3.53. The summed E-state index contributed by atoms with van der Waals surface area (Å²) in [4.78, 5) is 12.9. The van der Waals surface area contributed by atoms with Crippen molar-refractivity contribution >= 4 is 17.4 Å². The van der Waals surface area contributed by atoms with Crippen LogP contribution < -0.4 is 15.4 Å². The van der Waals surface area contributed by atoms with Gasteiger partial charge in [0.05, 0.1) is 13.3 Å². The van der Waals surface area contributed by atoms with Crippen molar-refractivity contribution in [3.8, 4) is 6.01 Å². The van der Waals surface area contributed by atoms with Crippen LogP contribution in [0, 0.1) is 5.92 Å². The van der Waals surface area contributed by atoms with Gasteiger partial charge in [-0.05, 0) is 12.5 Å². The topological polar surface area (TPSA) is 67.5 Å². The van der Waals surface area contributed by atoms with Crippen LogP contribution in [0.2, 0.25) is 5.02 Å². The summed E-state index contributed by atoms with van der Waals surface area (Å²) >= 11 is 6.18. The molecule has 1 unspecified atom stereocenters. The molecule has 112 valence electrons. The zero-order chi connectivity index (χ0) is 14.5. The molecule has 2 N–H and O–H groups in total. The Balaban J connectivity index is 1.96. The van der Waals surface area contributed by atoms with Crippen LogP contribution in [0.3, 0.4) is 0 Å². The number of ether oxygens (including phenoxy) is 1. The predicted octanol–water partition coefficient (Wildman–Crippen LogP) is 0.855. The first-order chi connectivity index (χ1) is 9.63. The van der Waals surface area contributed by atoms with E-state index in [2.05, 4.69) is 26.7 Å². The van der Waals surface area contributed by atoms with Crippen LogP contribution in [0.4, 0.5) is 5.82 Å². The van der Waals surface area contributed by atoms with Crippen LogP contribution in [-0.2, 0) is 0 Å². The molecule has 0 aromatic carbocycles. The van der Waals surface area contributed by atoms with Gasteiger partial charge in [-0.15, -0.1) is 0 Å². The average Bonchev–Trinajstić information content (AvgIpc) is 2.48. The third kappa shape index (κ3) is 3.71. The van der Waals surface area contributed by atoms with Crippen LogP contribution in [0.5, 0.6) is 6.01 Å². The fourth-order valence-corrected chi connectivity index (χ4v) is 2.53. The summed E-state index contributed by atoms with van der Waals surface area (Å²) in [6.07, 6.45) is 1.59. The lowest BCUT2D eigenvalue weighted by Gasteiger charge is -2.36. The lowest BCUT2D eigenvalue weighted by Crippen LogP contribution is -2.48. The van der Waals surface area contributed by atoms with Crippen molar-refractivity contribution < 1.29 is 4.74 Å². The second-order valence-corrected chi connectivity index (χ2v) is 5.56. The number of nitrogens with zero attached hydrogens (tertiary/aromatic N) is 4. The number of rotatable bonds is 5. The van der Waals surface area contributed by atoms with Crippen molar-refractivity contribution in [2.24, 2.45) is 11.7 Å². The van der Waals surface area contributed by atoms with E-state index in [1.54, 1.807) is 13.3 Å². The molecule has 6 nitrogen and oxygen atoms in total. The molecule has 1 saturated heterocycles. The molecular weight excluding hydrogens is 278 g/mol. The van der Waals surface area contributed by atoms with Gasteiger partial charge >= 0.3 is 6.01 Å². The molecule has 1 aromatic heterocycles. The maximum Gasteiger partial charge on any atom is 0.318 e. The van der Waals surface area contributed by atoms with Crippen molar-refractivity contribution in [2.45, 2.75) is 6.92 Å². The highest BCUT2D eigenvalue weighted by molar-refractivity contribution is 6.32. The molecule has 2 rings (SSSR count). The minimum atomic E-state index is 0.351. The molecule has 0 bridgehead atoms. The Bertz CT molecular complexity index is 437. The SMILES string of the molecule is COc1ncc(Cl)c(N2CCN(CC(C)CN)CC2)n1. The van der Waals surface area contributed by atoms with Gasteiger partial charge in [-0.1, -0.05) is 18.5 Å². The molecular formula is C13H22ClN5O. The standard InChI is InChI=1S/C13H22ClN5O/c1-10(7-15)9-18-3-5-19(6-4-18)12-11(14)8-16-13(17-12)20-2/h8,10H,3-7,9,15H2,1-2H3. The second-order valence-electron chi connectivity index (χ2n) is 5.16. The van der Waals surface area contributed by atoms with E-state index in [-0.39, 0.29) is 0 Å². The van der Waals surface area contributed by atoms with Crippen molar-refractivity contribution in [1.29, 1.82) is 0 Å². The molecule has 0 amide bonds. The quantitative estimate of drug-likeness (QED) is 0.870. The maximum atomic E-state index is 6.18.